The van der Waals surface area contributed by atoms with E-state index >= 15 is 0 Å². The Bertz CT molecular complexity index is 545. The number of piperazine rings is 1. The van der Waals surface area contributed by atoms with Gasteiger partial charge in [-0.1, -0.05) is 11.6 Å². The molecule has 1 aromatic carbocycles. The molecule has 5 nitrogen and oxygen atoms in total. The van der Waals surface area contributed by atoms with Crippen LogP contribution in [0.1, 0.15) is 17.3 Å². The summed E-state index contributed by atoms with van der Waals surface area (Å²) in [6.07, 6.45) is -0.314. The zero-order valence-electron chi connectivity index (χ0n) is 11.6. The second-order valence-corrected chi connectivity index (χ2v) is 6.20. The summed E-state index contributed by atoms with van der Waals surface area (Å²) in [7, 11) is 0. The molecule has 0 spiro atoms. The minimum Gasteiger partial charge on any atom is -0.450 e. The van der Waals surface area contributed by atoms with Gasteiger partial charge in [-0.25, -0.2) is 4.79 Å². The van der Waals surface area contributed by atoms with E-state index < -0.39 is 0 Å². The monoisotopic (exact) mass is 422 g/mol. The van der Waals surface area contributed by atoms with E-state index in [1.165, 1.54) is 0 Å². The summed E-state index contributed by atoms with van der Waals surface area (Å²) in [5.74, 6) is -0.0282. The standard InChI is InChI=1S/C14H16ClIN2O3/c1-2-21-14(20)18-7-5-17(6-8-18)13(19)11-4-3-10(15)9-12(11)16/h3-4,9H,2,5-8H2,1H3. The number of amides is 2. The molecule has 1 aliphatic heterocycles. The van der Waals surface area contributed by atoms with Gasteiger partial charge in [0, 0.05) is 34.8 Å². The van der Waals surface area contributed by atoms with Gasteiger partial charge in [-0.15, -0.1) is 0 Å². The molecule has 21 heavy (non-hydrogen) atoms. The summed E-state index contributed by atoms with van der Waals surface area (Å²) < 4.78 is 5.79. The van der Waals surface area contributed by atoms with Crippen molar-refractivity contribution >= 4 is 46.2 Å². The van der Waals surface area contributed by atoms with Gasteiger partial charge in [-0.2, -0.15) is 0 Å². The first-order valence-electron chi connectivity index (χ1n) is 6.69. The lowest BCUT2D eigenvalue weighted by atomic mass is 10.2. The zero-order chi connectivity index (χ0) is 15.4. The van der Waals surface area contributed by atoms with Gasteiger partial charge in [0.15, 0.2) is 0 Å². The average molecular weight is 423 g/mol. The number of hydrogen-bond donors (Lipinski definition) is 0. The molecule has 0 aliphatic carbocycles. The highest BCUT2D eigenvalue weighted by atomic mass is 127. The summed E-state index contributed by atoms with van der Waals surface area (Å²) in [5, 5.41) is 0.614. The summed E-state index contributed by atoms with van der Waals surface area (Å²) >= 11 is 8.01. The van der Waals surface area contributed by atoms with Gasteiger partial charge < -0.3 is 14.5 Å². The van der Waals surface area contributed by atoms with Crippen LogP contribution in [-0.4, -0.2) is 54.6 Å². The molecule has 1 aliphatic rings. The number of benzene rings is 1. The molecule has 114 valence electrons. The number of carbonyl (C=O) groups excluding carboxylic acids is 2. The van der Waals surface area contributed by atoms with E-state index in [2.05, 4.69) is 22.6 Å². The molecule has 0 atom stereocenters. The molecule has 1 aromatic rings. The van der Waals surface area contributed by atoms with Crippen molar-refractivity contribution in [2.75, 3.05) is 32.8 Å². The van der Waals surface area contributed by atoms with Gasteiger partial charge in [0.25, 0.3) is 5.91 Å². The fraction of sp³-hybridized carbons (Fsp3) is 0.429. The van der Waals surface area contributed by atoms with E-state index in [-0.39, 0.29) is 12.0 Å². The van der Waals surface area contributed by atoms with Crippen LogP contribution in [0.3, 0.4) is 0 Å². The third kappa shape index (κ3) is 4.00. The quantitative estimate of drug-likeness (QED) is 0.689. The highest BCUT2D eigenvalue weighted by molar-refractivity contribution is 14.1. The predicted octanol–water partition coefficient (Wildman–Crippen LogP) is 2.86. The Morgan fingerprint density at radius 1 is 1.24 bits per heavy atom. The highest BCUT2D eigenvalue weighted by Gasteiger charge is 2.26. The first-order valence-corrected chi connectivity index (χ1v) is 8.14. The zero-order valence-corrected chi connectivity index (χ0v) is 14.6. The highest BCUT2D eigenvalue weighted by Crippen LogP contribution is 2.20. The maximum Gasteiger partial charge on any atom is 0.409 e. The van der Waals surface area contributed by atoms with E-state index in [0.717, 1.165) is 3.57 Å². The van der Waals surface area contributed by atoms with Gasteiger partial charge >= 0.3 is 6.09 Å². The largest absolute Gasteiger partial charge is 0.450 e. The van der Waals surface area contributed by atoms with E-state index in [4.69, 9.17) is 16.3 Å². The molecule has 0 radical (unpaired) electrons. The van der Waals surface area contributed by atoms with Crippen LogP contribution in [0.5, 0.6) is 0 Å². The number of ether oxygens (including phenoxy) is 1. The summed E-state index contributed by atoms with van der Waals surface area (Å²) in [6, 6.07) is 5.22. The van der Waals surface area contributed by atoms with Crippen molar-refractivity contribution in [1.29, 1.82) is 0 Å². The Kier molecular flexibility index (Phi) is 5.69. The fourth-order valence-corrected chi connectivity index (χ4v) is 3.24. The van der Waals surface area contributed by atoms with Gasteiger partial charge in [0.05, 0.1) is 12.2 Å². The van der Waals surface area contributed by atoms with Crippen molar-refractivity contribution in [2.24, 2.45) is 0 Å². The summed E-state index contributed by atoms with van der Waals surface area (Å²) in [6.45, 7) is 4.15. The van der Waals surface area contributed by atoms with Gasteiger partial charge in [-0.05, 0) is 47.7 Å². The Morgan fingerprint density at radius 2 is 1.86 bits per heavy atom. The van der Waals surface area contributed by atoms with E-state index in [1.54, 1.807) is 34.9 Å². The van der Waals surface area contributed by atoms with E-state index in [0.29, 0.717) is 43.4 Å². The van der Waals surface area contributed by atoms with Crippen LogP contribution in [0, 0.1) is 3.57 Å². The van der Waals surface area contributed by atoms with Crippen LogP contribution >= 0.6 is 34.2 Å². The predicted molar refractivity (Wildman–Crippen MR) is 88.7 cm³/mol. The van der Waals surface area contributed by atoms with Crippen molar-refractivity contribution in [2.45, 2.75) is 6.92 Å². The van der Waals surface area contributed by atoms with Crippen LogP contribution in [0.4, 0.5) is 4.79 Å². The lowest BCUT2D eigenvalue weighted by Crippen LogP contribution is -2.50. The normalized spacial score (nSPS) is 15.0. The van der Waals surface area contributed by atoms with Crippen molar-refractivity contribution in [3.05, 3.63) is 32.4 Å². The molecule has 0 saturated carbocycles. The molecule has 2 rings (SSSR count). The smallest absolute Gasteiger partial charge is 0.409 e. The molecule has 2 amide bonds. The first-order chi connectivity index (χ1) is 10.0. The summed E-state index contributed by atoms with van der Waals surface area (Å²) in [4.78, 5) is 27.5. The Labute approximate surface area is 142 Å². The molecule has 0 bridgehead atoms. The second kappa shape index (κ2) is 7.31. The topological polar surface area (TPSA) is 49.9 Å². The van der Waals surface area contributed by atoms with Crippen LogP contribution in [0.2, 0.25) is 5.02 Å². The number of rotatable bonds is 2. The lowest BCUT2D eigenvalue weighted by Gasteiger charge is -2.34. The minimum absolute atomic E-state index is 0.0282. The van der Waals surface area contributed by atoms with Gasteiger partial charge in [0.2, 0.25) is 0 Å². The maximum atomic E-state index is 12.5. The summed E-state index contributed by atoms with van der Waals surface area (Å²) in [5.41, 5.74) is 0.643. The number of hydrogen-bond acceptors (Lipinski definition) is 3. The Balaban J connectivity index is 1.98. The van der Waals surface area contributed by atoms with Crippen molar-refractivity contribution in [1.82, 2.24) is 9.80 Å². The van der Waals surface area contributed by atoms with Crippen molar-refractivity contribution in [3.63, 3.8) is 0 Å². The number of nitrogens with zero attached hydrogens (tertiary/aromatic N) is 2. The van der Waals surface area contributed by atoms with Gasteiger partial charge in [-0.3, -0.25) is 4.79 Å². The van der Waals surface area contributed by atoms with Crippen LogP contribution < -0.4 is 0 Å². The molecular weight excluding hydrogens is 407 g/mol. The molecule has 7 heteroatoms. The van der Waals surface area contributed by atoms with Crippen molar-refractivity contribution in [3.8, 4) is 0 Å². The minimum atomic E-state index is -0.314. The SMILES string of the molecule is CCOC(=O)N1CCN(C(=O)c2ccc(Cl)cc2I)CC1. The third-order valence-electron chi connectivity index (χ3n) is 3.25. The lowest BCUT2D eigenvalue weighted by molar-refractivity contribution is 0.0569. The van der Waals surface area contributed by atoms with E-state index in [9.17, 15) is 9.59 Å². The molecule has 0 aromatic heterocycles. The average Bonchev–Trinajstić information content (AvgIpc) is 2.47. The Morgan fingerprint density at radius 3 is 2.43 bits per heavy atom. The molecular formula is C14H16ClIN2O3. The second-order valence-electron chi connectivity index (χ2n) is 4.60. The number of halogens is 2. The molecule has 1 saturated heterocycles. The van der Waals surface area contributed by atoms with Gasteiger partial charge in [0.1, 0.15) is 0 Å². The number of carbonyl (C=O) groups is 2. The van der Waals surface area contributed by atoms with Crippen LogP contribution in [0.25, 0.3) is 0 Å². The maximum absolute atomic E-state index is 12.5. The first kappa shape index (κ1) is 16.4. The fourth-order valence-electron chi connectivity index (χ4n) is 2.14. The van der Waals surface area contributed by atoms with Crippen molar-refractivity contribution < 1.29 is 14.3 Å². The Hall–Kier alpha value is -1.02. The third-order valence-corrected chi connectivity index (χ3v) is 4.38. The van der Waals surface area contributed by atoms with Crippen LogP contribution in [-0.2, 0) is 4.74 Å². The van der Waals surface area contributed by atoms with Crippen LogP contribution in [0.15, 0.2) is 18.2 Å². The molecule has 1 heterocycles. The molecule has 0 unspecified atom stereocenters. The molecule has 0 N–H and O–H groups in total. The molecule has 1 fully saturated rings. The van der Waals surface area contributed by atoms with E-state index in [1.807, 2.05) is 0 Å².